The van der Waals surface area contributed by atoms with Gasteiger partial charge in [0.1, 0.15) is 17.9 Å². The largest absolute Gasteiger partial charge is 0.416 e. The molecule has 0 aliphatic heterocycles. The number of imidazole rings is 1. The number of carbonyl (C=O) groups is 1. The predicted molar refractivity (Wildman–Crippen MR) is 114 cm³/mol. The van der Waals surface area contributed by atoms with Crippen molar-refractivity contribution in [2.45, 2.75) is 19.3 Å². The van der Waals surface area contributed by atoms with Crippen LogP contribution in [0.15, 0.2) is 72.9 Å². The smallest absolute Gasteiger partial charge is 0.412 e. The molecule has 0 aliphatic rings. The van der Waals surface area contributed by atoms with Gasteiger partial charge >= 0.3 is 6.18 Å². The summed E-state index contributed by atoms with van der Waals surface area (Å²) in [4.78, 5) is 23.4. The lowest BCUT2D eigenvalue weighted by molar-refractivity contribution is -0.137. The van der Waals surface area contributed by atoms with Gasteiger partial charge in [0.05, 0.1) is 5.56 Å². The maximum atomic E-state index is 12.9. The predicted octanol–water partition coefficient (Wildman–Crippen LogP) is 3.95. The maximum Gasteiger partial charge on any atom is 0.416 e. The summed E-state index contributed by atoms with van der Waals surface area (Å²) < 4.78 is 40.4. The van der Waals surface area contributed by atoms with Gasteiger partial charge in [-0.1, -0.05) is 42.5 Å². The molecule has 2 heterocycles. The van der Waals surface area contributed by atoms with Crippen molar-refractivity contribution in [2.24, 2.45) is 0 Å². The lowest BCUT2D eigenvalue weighted by atomic mass is 10.1. The topological polar surface area (TPSA) is 82.5 Å². The minimum absolute atomic E-state index is 0. The summed E-state index contributed by atoms with van der Waals surface area (Å²) in [5.41, 5.74) is 1.80. The Morgan fingerprint density at radius 2 is 1.69 bits per heavy atom. The number of hydrogen-bond acceptors (Lipinski definition) is 3. The van der Waals surface area contributed by atoms with E-state index in [1.807, 2.05) is 30.3 Å². The number of aromatic nitrogens is 3. The molecule has 0 bridgehead atoms. The third-order valence-corrected chi connectivity index (χ3v) is 4.96. The normalized spacial score (nSPS) is 11.2. The van der Waals surface area contributed by atoms with E-state index < -0.39 is 11.7 Å². The molecule has 0 saturated heterocycles. The number of likely N-dealkylation sites (N-methyl/N-ethyl adjacent to an activating group) is 1. The Kier molecular flexibility index (Phi) is 6.59. The highest BCUT2D eigenvalue weighted by Gasteiger charge is 2.30. The summed E-state index contributed by atoms with van der Waals surface area (Å²) in [6.45, 7) is 0.405. The standard InChI is InChI=1S/C23H19F3N4O.H2O/c1-29(14-16-6-3-2-4-7-16)20(31)15-30-21(28-19-8-5-13-27-22(19)30)17-9-11-18(12-10-17)23(24,25)26;/h2-13H,14-15H2,1H3;1H2. The van der Waals surface area contributed by atoms with Crippen molar-refractivity contribution < 1.29 is 23.4 Å². The van der Waals surface area contributed by atoms with Crippen molar-refractivity contribution in [3.8, 4) is 11.4 Å². The van der Waals surface area contributed by atoms with Gasteiger partial charge in [-0.3, -0.25) is 9.36 Å². The number of hydrogen-bond donors (Lipinski definition) is 0. The highest BCUT2D eigenvalue weighted by Crippen LogP contribution is 2.31. The average molecular weight is 442 g/mol. The van der Waals surface area contributed by atoms with Crippen LogP contribution >= 0.6 is 0 Å². The zero-order valence-corrected chi connectivity index (χ0v) is 17.2. The highest BCUT2D eigenvalue weighted by molar-refractivity contribution is 5.82. The molecule has 0 spiro atoms. The first-order chi connectivity index (χ1) is 14.8. The molecule has 2 aromatic heterocycles. The fraction of sp³-hybridized carbons (Fsp3) is 0.174. The molecule has 0 saturated carbocycles. The Labute approximate surface area is 182 Å². The number of alkyl halides is 3. The highest BCUT2D eigenvalue weighted by atomic mass is 19.4. The van der Waals surface area contributed by atoms with Gasteiger partial charge in [-0.05, 0) is 29.8 Å². The van der Waals surface area contributed by atoms with Crippen LogP contribution in [0.5, 0.6) is 0 Å². The summed E-state index contributed by atoms with van der Waals surface area (Å²) >= 11 is 0. The van der Waals surface area contributed by atoms with Crippen LogP contribution < -0.4 is 0 Å². The number of nitrogens with zero attached hydrogens (tertiary/aromatic N) is 4. The molecule has 2 N–H and O–H groups in total. The van der Waals surface area contributed by atoms with E-state index in [0.717, 1.165) is 17.7 Å². The Hall–Kier alpha value is -3.72. The van der Waals surface area contributed by atoms with E-state index >= 15 is 0 Å². The second kappa shape index (κ2) is 9.19. The number of rotatable bonds is 5. The Morgan fingerprint density at radius 3 is 2.34 bits per heavy atom. The van der Waals surface area contributed by atoms with E-state index in [2.05, 4.69) is 9.97 Å². The number of fused-ring (bicyclic) bond motifs is 1. The SMILES string of the molecule is CN(Cc1ccccc1)C(=O)Cn1c(-c2ccc(C(F)(F)F)cc2)nc2cccnc21.O. The number of pyridine rings is 1. The fourth-order valence-electron chi connectivity index (χ4n) is 3.34. The minimum atomic E-state index is -4.42. The van der Waals surface area contributed by atoms with Crippen LogP contribution in [0, 0.1) is 0 Å². The Balaban J connectivity index is 0.00000289. The van der Waals surface area contributed by atoms with E-state index in [1.165, 1.54) is 12.1 Å². The van der Waals surface area contributed by atoms with Gasteiger partial charge in [0.25, 0.3) is 0 Å². The molecule has 166 valence electrons. The van der Waals surface area contributed by atoms with Crippen LogP contribution in [0.3, 0.4) is 0 Å². The lowest BCUT2D eigenvalue weighted by Crippen LogP contribution is -2.30. The van der Waals surface area contributed by atoms with Crippen LogP contribution in [-0.2, 0) is 24.1 Å². The molecule has 0 atom stereocenters. The van der Waals surface area contributed by atoms with Crippen molar-refractivity contribution >= 4 is 17.1 Å². The minimum Gasteiger partial charge on any atom is -0.412 e. The first-order valence-electron chi connectivity index (χ1n) is 9.60. The van der Waals surface area contributed by atoms with Crippen LogP contribution in [-0.4, -0.2) is 37.9 Å². The quantitative estimate of drug-likeness (QED) is 0.469. The summed E-state index contributed by atoms with van der Waals surface area (Å²) in [5.74, 6) is 0.228. The monoisotopic (exact) mass is 442 g/mol. The van der Waals surface area contributed by atoms with E-state index in [4.69, 9.17) is 0 Å². The van der Waals surface area contributed by atoms with Gasteiger partial charge in [0.15, 0.2) is 5.65 Å². The van der Waals surface area contributed by atoms with Gasteiger partial charge in [0, 0.05) is 25.4 Å². The molecular formula is C23H21F3N4O2. The van der Waals surface area contributed by atoms with Crippen LogP contribution in [0.4, 0.5) is 13.2 Å². The zero-order chi connectivity index (χ0) is 22.0. The molecule has 1 amide bonds. The summed E-state index contributed by atoms with van der Waals surface area (Å²) in [7, 11) is 1.71. The number of benzene rings is 2. The molecule has 0 aliphatic carbocycles. The van der Waals surface area contributed by atoms with Gasteiger partial charge in [-0.25, -0.2) is 9.97 Å². The average Bonchev–Trinajstić information content (AvgIpc) is 3.12. The first kappa shape index (κ1) is 23.0. The Morgan fingerprint density at radius 1 is 1.00 bits per heavy atom. The van der Waals surface area contributed by atoms with E-state index in [-0.39, 0.29) is 17.9 Å². The Bertz CT molecular complexity index is 1210. The second-order valence-corrected chi connectivity index (χ2v) is 7.18. The van der Waals surface area contributed by atoms with Crippen molar-refractivity contribution in [3.63, 3.8) is 0 Å². The second-order valence-electron chi connectivity index (χ2n) is 7.18. The molecular weight excluding hydrogens is 421 g/mol. The third kappa shape index (κ3) is 4.78. The van der Waals surface area contributed by atoms with Crippen LogP contribution in [0.2, 0.25) is 0 Å². The fourth-order valence-corrected chi connectivity index (χ4v) is 3.34. The molecule has 9 heteroatoms. The van der Waals surface area contributed by atoms with Crippen LogP contribution in [0.25, 0.3) is 22.6 Å². The third-order valence-electron chi connectivity index (χ3n) is 4.96. The number of carbonyl (C=O) groups excluding carboxylic acids is 1. The van der Waals surface area contributed by atoms with Crippen molar-refractivity contribution in [1.29, 1.82) is 0 Å². The molecule has 0 unspecified atom stereocenters. The van der Waals surface area contributed by atoms with Gasteiger partial charge in [-0.15, -0.1) is 0 Å². The van der Waals surface area contributed by atoms with Crippen molar-refractivity contribution in [3.05, 3.63) is 84.1 Å². The molecule has 6 nitrogen and oxygen atoms in total. The van der Waals surface area contributed by atoms with Crippen molar-refractivity contribution in [2.75, 3.05) is 7.05 Å². The van der Waals surface area contributed by atoms with Gasteiger partial charge < -0.3 is 10.4 Å². The number of halogens is 3. The molecule has 4 rings (SSSR count). The van der Waals surface area contributed by atoms with E-state index in [9.17, 15) is 18.0 Å². The summed E-state index contributed by atoms with van der Waals surface area (Å²) in [5, 5.41) is 0. The van der Waals surface area contributed by atoms with Gasteiger partial charge in [0.2, 0.25) is 5.91 Å². The molecule has 2 aromatic carbocycles. The van der Waals surface area contributed by atoms with Gasteiger partial charge in [-0.2, -0.15) is 13.2 Å². The van der Waals surface area contributed by atoms with Crippen molar-refractivity contribution in [1.82, 2.24) is 19.4 Å². The van der Waals surface area contributed by atoms with E-state index in [1.54, 1.807) is 34.8 Å². The zero-order valence-electron chi connectivity index (χ0n) is 17.2. The molecule has 0 radical (unpaired) electrons. The number of amides is 1. The molecule has 32 heavy (non-hydrogen) atoms. The van der Waals surface area contributed by atoms with Crippen LogP contribution in [0.1, 0.15) is 11.1 Å². The molecule has 4 aromatic rings. The molecule has 0 fully saturated rings. The van der Waals surface area contributed by atoms with E-state index in [0.29, 0.717) is 29.1 Å². The maximum absolute atomic E-state index is 12.9. The first-order valence-corrected chi connectivity index (χ1v) is 9.60. The summed E-state index contributed by atoms with van der Waals surface area (Å²) in [6, 6.07) is 17.8. The lowest BCUT2D eigenvalue weighted by Gasteiger charge is -2.18. The summed E-state index contributed by atoms with van der Waals surface area (Å²) in [6.07, 6.45) is -2.83.